The minimum Gasteiger partial charge on any atom is -0.465 e. The fourth-order valence-corrected chi connectivity index (χ4v) is 1.28. The molecule has 0 spiro atoms. The van der Waals surface area contributed by atoms with Gasteiger partial charge in [-0.05, 0) is 25.7 Å². The maximum atomic E-state index is 12.1. The van der Waals surface area contributed by atoms with E-state index in [2.05, 4.69) is 4.74 Å². The second-order valence-corrected chi connectivity index (χ2v) is 5.42. The monoisotopic (exact) mass is 288 g/mol. The first kappa shape index (κ1) is 18.4. The van der Waals surface area contributed by atoms with E-state index in [1.807, 2.05) is 13.8 Å². The van der Waals surface area contributed by atoms with Gasteiger partial charge in [0.2, 0.25) is 0 Å². The Bertz CT molecular complexity index is 361. The van der Waals surface area contributed by atoms with Crippen LogP contribution in [0, 0.1) is 17.3 Å². The van der Waals surface area contributed by atoms with Crippen LogP contribution in [0.25, 0.3) is 0 Å². The minimum atomic E-state index is -1.53. The Labute approximate surface area is 119 Å². The summed E-state index contributed by atoms with van der Waals surface area (Å²) in [5.74, 6) is -1.93. The van der Waals surface area contributed by atoms with Crippen LogP contribution in [0.4, 0.5) is 4.79 Å². The van der Waals surface area contributed by atoms with Crippen LogP contribution in [0.2, 0.25) is 0 Å². The van der Waals surface area contributed by atoms with Crippen molar-refractivity contribution in [3.8, 4) is 0 Å². The molecule has 0 N–H and O–H groups in total. The largest absolute Gasteiger partial charge is 0.516 e. The summed E-state index contributed by atoms with van der Waals surface area (Å²) in [6, 6.07) is 0. The molecule has 0 aromatic rings. The summed E-state index contributed by atoms with van der Waals surface area (Å²) in [6.45, 7) is 10.4. The summed E-state index contributed by atoms with van der Waals surface area (Å²) in [4.78, 5) is 35.4. The number of hydrogen-bond donors (Lipinski definition) is 0. The molecule has 0 aromatic carbocycles. The SMILES string of the molecule is CCOC(=O)C(C)(C(=O)OC(=O)OCC(C)C)C(C)C. The Kier molecular flexibility index (Phi) is 7.24. The molecule has 0 aliphatic rings. The van der Waals surface area contributed by atoms with Crippen molar-refractivity contribution in [1.29, 1.82) is 0 Å². The van der Waals surface area contributed by atoms with Crippen molar-refractivity contribution in [3.05, 3.63) is 0 Å². The molecule has 116 valence electrons. The molecular formula is C14H24O6. The van der Waals surface area contributed by atoms with Crippen LogP contribution < -0.4 is 0 Å². The molecule has 0 aromatic heterocycles. The van der Waals surface area contributed by atoms with E-state index in [0.29, 0.717) is 0 Å². The highest BCUT2D eigenvalue weighted by molar-refractivity contribution is 6.02. The van der Waals surface area contributed by atoms with E-state index in [-0.39, 0.29) is 25.0 Å². The average molecular weight is 288 g/mol. The van der Waals surface area contributed by atoms with Crippen LogP contribution in [0.5, 0.6) is 0 Å². The van der Waals surface area contributed by atoms with Crippen molar-refractivity contribution in [2.75, 3.05) is 13.2 Å². The van der Waals surface area contributed by atoms with E-state index < -0.39 is 23.5 Å². The van der Waals surface area contributed by atoms with Crippen LogP contribution in [0.15, 0.2) is 0 Å². The molecule has 0 rings (SSSR count). The van der Waals surface area contributed by atoms with Crippen LogP contribution in [0.3, 0.4) is 0 Å². The van der Waals surface area contributed by atoms with E-state index in [0.717, 1.165) is 0 Å². The molecular weight excluding hydrogens is 264 g/mol. The third-order valence-electron chi connectivity index (χ3n) is 2.99. The minimum absolute atomic E-state index is 0.124. The normalized spacial score (nSPS) is 13.8. The molecule has 1 atom stereocenters. The predicted molar refractivity (Wildman–Crippen MR) is 71.9 cm³/mol. The van der Waals surface area contributed by atoms with Crippen molar-refractivity contribution in [2.24, 2.45) is 17.3 Å². The number of esters is 2. The highest BCUT2D eigenvalue weighted by atomic mass is 16.7. The van der Waals surface area contributed by atoms with E-state index in [1.54, 1.807) is 20.8 Å². The van der Waals surface area contributed by atoms with E-state index in [4.69, 9.17) is 9.47 Å². The molecule has 6 nitrogen and oxygen atoms in total. The molecule has 0 amide bonds. The maximum absolute atomic E-state index is 12.1. The molecule has 0 saturated heterocycles. The van der Waals surface area contributed by atoms with Crippen LogP contribution >= 0.6 is 0 Å². The molecule has 0 aliphatic carbocycles. The molecule has 6 heteroatoms. The predicted octanol–water partition coefficient (Wildman–Crippen LogP) is 2.55. The summed E-state index contributed by atoms with van der Waals surface area (Å²) >= 11 is 0. The van der Waals surface area contributed by atoms with Crippen molar-refractivity contribution < 1.29 is 28.6 Å². The average Bonchev–Trinajstić information content (AvgIpc) is 2.35. The number of carbonyl (C=O) groups is 3. The fraction of sp³-hybridized carbons (Fsp3) is 0.786. The zero-order chi connectivity index (χ0) is 15.9. The van der Waals surface area contributed by atoms with Gasteiger partial charge in [-0.15, -0.1) is 0 Å². The second kappa shape index (κ2) is 7.87. The lowest BCUT2D eigenvalue weighted by Crippen LogP contribution is -2.44. The Morgan fingerprint density at radius 2 is 1.55 bits per heavy atom. The van der Waals surface area contributed by atoms with E-state index >= 15 is 0 Å². The lowest BCUT2D eigenvalue weighted by atomic mass is 9.79. The van der Waals surface area contributed by atoms with Gasteiger partial charge in [0.05, 0.1) is 13.2 Å². The third-order valence-corrected chi connectivity index (χ3v) is 2.99. The Morgan fingerprint density at radius 1 is 1.00 bits per heavy atom. The third kappa shape index (κ3) is 4.83. The van der Waals surface area contributed by atoms with Crippen molar-refractivity contribution in [2.45, 2.75) is 41.5 Å². The molecule has 0 radical (unpaired) electrons. The standard InChI is InChI=1S/C14H24O6/c1-7-18-11(15)14(6,10(4)5)12(16)20-13(17)19-8-9(2)3/h9-10H,7-8H2,1-6H3. The van der Waals surface area contributed by atoms with E-state index in [9.17, 15) is 14.4 Å². The lowest BCUT2D eigenvalue weighted by molar-refractivity contribution is -0.171. The van der Waals surface area contributed by atoms with Gasteiger partial charge in [0.1, 0.15) is 0 Å². The lowest BCUT2D eigenvalue weighted by Gasteiger charge is -2.27. The fourth-order valence-electron chi connectivity index (χ4n) is 1.28. The summed E-state index contributed by atoms with van der Waals surface area (Å²) in [7, 11) is 0. The van der Waals surface area contributed by atoms with Gasteiger partial charge in [-0.1, -0.05) is 27.7 Å². The maximum Gasteiger partial charge on any atom is 0.516 e. The van der Waals surface area contributed by atoms with Crippen LogP contribution in [-0.2, 0) is 23.8 Å². The van der Waals surface area contributed by atoms with Crippen molar-refractivity contribution in [3.63, 3.8) is 0 Å². The highest BCUT2D eigenvalue weighted by Gasteiger charge is 2.48. The highest BCUT2D eigenvalue weighted by Crippen LogP contribution is 2.30. The Morgan fingerprint density at radius 3 is 1.95 bits per heavy atom. The molecule has 20 heavy (non-hydrogen) atoms. The molecule has 0 fully saturated rings. The molecule has 0 aliphatic heterocycles. The first-order chi connectivity index (χ1) is 9.16. The van der Waals surface area contributed by atoms with Gasteiger partial charge >= 0.3 is 18.1 Å². The molecule has 0 saturated carbocycles. The number of ether oxygens (including phenoxy) is 3. The summed E-state index contributed by atoms with van der Waals surface area (Å²) in [6.07, 6.45) is -1.10. The van der Waals surface area contributed by atoms with Crippen molar-refractivity contribution >= 4 is 18.1 Å². The van der Waals surface area contributed by atoms with Gasteiger partial charge in [0.15, 0.2) is 5.41 Å². The first-order valence-corrected chi connectivity index (χ1v) is 6.72. The quantitative estimate of drug-likeness (QED) is 0.552. The summed E-state index contributed by atoms with van der Waals surface area (Å²) in [5, 5.41) is 0. The van der Waals surface area contributed by atoms with Gasteiger partial charge in [0.25, 0.3) is 0 Å². The Hall–Kier alpha value is -1.59. The second-order valence-electron chi connectivity index (χ2n) is 5.42. The first-order valence-electron chi connectivity index (χ1n) is 6.72. The molecule has 0 heterocycles. The number of rotatable bonds is 6. The van der Waals surface area contributed by atoms with Crippen LogP contribution in [-0.4, -0.2) is 31.3 Å². The van der Waals surface area contributed by atoms with Gasteiger partial charge in [0, 0.05) is 0 Å². The Balaban J connectivity index is 4.82. The van der Waals surface area contributed by atoms with Gasteiger partial charge < -0.3 is 14.2 Å². The zero-order valence-electron chi connectivity index (χ0n) is 13.0. The zero-order valence-corrected chi connectivity index (χ0v) is 13.0. The van der Waals surface area contributed by atoms with Gasteiger partial charge in [-0.2, -0.15) is 0 Å². The summed E-state index contributed by atoms with van der Waals surface area (Å²) < 4.78 is 14.2. The molecule has 1 unspecified atom stereocenters. The van der Waals surface area contributed by atoms with Crippen molar-refractivity contribution in [1.82, 2.24) is 0 Å². The van der Waals surface area contributed by atoms with Gasteiger partial charge in [-0.25, -0.2) is 4.79 Å². The summed E-state index contributed by atoms with van der Waals surface area (Å²) in [5.41, 5.74) is -1.53. The van der Waals surface area contributed by atoms with E-state index in [1.165, 1.54) is 6.92 Å². The number of hydrogen-bond acceptors (Lipinski definition) is 6. The smallest absolute Gasteiger partial charge is 0.465 e. The topological polar surface area (TPSA) is 78.9 Å². The number of carbonyl (C=O) groups excluding carboxylic acids is 3. The molecule has 0 bridgehead atoms. The van der Waals surface area contributed by atoms with Gasteiger partial charge in [-0.3, -0.25) is 9.59 Å². The van der Waals surface area contributed by atoms with Crippen LogP contribution in [0.1, 0.15) is 41.5 Å².